The normalized spacial score (nSPS) is 10.6. The summed E-state index contributed by atoms with van der Waals surface area (Å²) in [5.74, 6) is 0.928. The van der Waals surface area contributed by atoms with Gasteiger partial charge in [0.05, 0.1) is 19.0 Å². The first-order valence-electron chi connectivity index (χ1n) is 9.82. The lowest BCUT2D eigenvalue weighted by molar-refractivity contribution is 0.416. The number of nitrogens with one attached hydrogen (secondary N) is 2. The molecule has 0 aliphatic rings. The lowest BCUT2D eigenvalue weighted by Gasteiger charge is -2.08. The number of hydrogen-bond acceptors (Lipinski definition) is 6. The van der Waals surface area contributed by atoms with Crippen LogP contribution < -0.4 is 15.7 Å². The summed E-state index contributed by atoms with van der Waals surface area (Å²) in [7, 11) is 1.64. The molecule has 156 valence electrons. The number of benzene rings is 3. The molecule has 0 atom stereocenters. The van der Waals surface area contributed by atoms with Crippen LogP contribution in [-0.2, 0) is 0 Å². The van der Waals surface area contributed by atoms with Crippen molar-refractivity contribution in [3.8, 4) is 34.2 Å². The van der Waals surface area contributed by atoms with Crippen molar-refractivity contribution >= 4 is 12.2 Å². The first-order chi connectivity index (χ1) is 15.7. The zero-order valence-corrected chi connectivity index (χ0v) is 17.2. The highest BCUT2D eigenvalue weighted by atomic mass is 16.5. The van der Waals surface area contributed by atoms with Crippen molar-refractivity contribution < 1.29 is 4.74 Å². The maximum atomic E-state index is 12.3. The Morgan fingerprint density at radius 3 is 2.56 bits per heavy atom. The second-order valence-corrected chi connectivity index (χ2v) is 6.81. The van der Waals surface area contributed by atoms with Crippen LogP contribution in [0.3, 0.4) is 0 Å². The van der Waals surface area contributed by atoms with Crippen LogP contribution in [0.25, 0.3) is 22.4 Å². The zero-order chi connectivity index (χ0) is 22.3. The van der Waals surface area contributed by atoms with Gasteiger partial charge in [-0.3, -0.25) is 9.78 Å². The number of nitrogens with zero attached hydrogens (tertiary/aromatic N) is 3. The number of hydrogen-bond donors (Lipinski definition) is 2. The van der Waals surface area contributed by atoms with Crippen molar-refractivity contribution in [3.63, 3.8) is 0 Å². The molecule has 0 bridgehead atoms. The first-order valence-corrected chi connectivity index (χ1v) is 9.82. The Hall–Kier alpha value is -4.70. The van der Waals surface area contributed by atoms with Gasteiger partial charge in [0.15, 0.2) is 0 Å². The molecule has 2 N–H and O–H groups in total. The van der Waals surface area contributed by atoms with E-state index in [1.54, 1.807) is 25.5 Å². The third-order valence-electron chi connectivity index (χ3n) is 4.77. The number of H-pyrrole nitrogens is 1. The Morgan fingerprint density at radius 1 is 1.03 bits per heavy atom. The van der Waals surface area contributed by atoms with Crippen LogP contribution >= 0.6 is 0 Å². The van der Waals surface area contributed by atoms with Crippen molar-refractivity contribution in [1.29, 1.82) is 5.26 Å². The van der Waals surface area contributed by atoms with E-state index in [1.165, 1.54) is 0 Å². The fraction of sp³-hybridized carbons (Fsp3) is 0.0400. The molecule has 7 nitrogen and oxygen atoms in total. The average molecular weight is 421 g/mol. The Bertz CT molecular complexity index is 1370. The Balaban J connectivity index is 1.60. The maximum Gasteiger partial charge on any atom is 0.270 e. The van der Waals surface area contributed by atoms with Gasteiger partial charge in [-0.2, -0.15) is 10.4 Å². The molecule has 4 rings (SSSR count). The molecule has 3 aromatic carbocycles. The fourth-order valence-electron chi connectivity index (χ4n) is 3.27. The highest BCUT2D eigenvalue weighted by molar-refractivity contribution is 5.84. The van der Waals surface area contributed by atoms with E-state index >= 15 is 0 Å². The number of ether oxygens (including phenoxy) is 1. The van der Waals surface area contributed by atoms with Crippen molar-refractivity contribution in [2.24, 2.45) is 5.10 Å². The number of aromatic nitrogens is 2. The van der Waals surface area contributed by atoms with Crippen LogP contribution in [0.15, 0.2) is 88.8 Å². The summed E-state index contributed by atoms with van der Waals surface area (Å²) in [6.45, 7) is 0. The largest absolute Gasteiger partial charge is 0.496 e. The quantitative estimate of drug-likeness (QED) is 0.354. The van der Waals surface area contributed by atoms with Crippen molar-refractivity contribution in [2.45, 2.75) is 0 Å². The monoisotopic (exact) mass is 421 g/mol. The second kappa shape index (κ2) is 9.41. The van der Waals surface area contributed by atoms with Crippen LogP contribution in [0.4, 0.5) is 5.95 Å². The third-order valence-corrected chi connectivity index (χ3v) is 4.77. The Labute approximate surface area is 184 Å². The number of methoxy groups -OCH3 is 1. The van der Waals surface area contributed by atoms with E-state index in [-0.39, 0.29) is 11.5 Å². The van der Waals surface area contributed by atoms with E-state index in [1.807, 2.05) is 72.8 Å². The van der Waals surface area contributed by atoms with E-state index in [2.05, 4.69) is 20.5 Å². The molecule has 4 aromatic rings. The number of para-hydroxylation sites is 1. The van der Waals surface area contributed by atoms with Gasteiger partial charge in [-0.15, -0.1) is 0 Å². The smallest absolute Gasteiger partial charge is 0.270 e. The van der Waals surface area contributed by atoms with Gasteiger partial charge in [0, 0.05) is 11.1 Å². The standard InChI is InChI=1S/C25H19N5O2/c1-32-22-13-6-5-12-20(22)19-11-7-8-17(14-19)16-27-30-25-28-23(18-9-3-2-4-10-18)21(15-26)24(31)29-25/h2-14,16H,1H3,(H2,28,29,30,31). The number of hydrazone groups is 1. The van der Waals surface area contributed by atoms with E-state index in [9.17, 15) is 10.1 Å². The zero-order valence-electron chi connectivity index (χ0n) is 17.2. The predicted octanol–water partition coefficient (Wildman–Crippen LogP) is 4.43. The summed E-state index contributed by atoms with van der Waals surface area (Å²) in [4.78, 5) is 19.3. The minimum Gasteiger partial charge on any atom is -0.496 e. The summed E-state index contributed by atoms with van der Waals surface area (Å²) in [6.07, 6.45) is 1.62. The van der Waals surface area contributed by atoms with Crippen molar-refractivity contribution in [3.05, 3.63) is 100 Å². The maximum absolute atomic E-state index is 12.3. The van der Waals surface area contributed by atoms with Crippen LogP contribution in [0.2, 0.25) is 0 Å². The van der Waals surface area contributed by atoms with Gasteiger partial charge in [-0.25, -0.2) is 10.4 Å². The van der Waals surface area contributed by atoms with Crippen molar-refractivity contribution in [1.82, 2.24) is 9.97 Å². The molecule has 0 unspecified atom stereocenters. The van der Waals surface area contributed by atoms with Crippen molar-refractivity contribution in [2.75, 3.05) is 12.5 Å². The second-order valence-electron chi connectivity index (χ2n) is 6.81. The molecule has 0 saturated heterocycles. The molecular formula is C25H19N5O2. The lowest BCUT2D eigenvalue weighted by atomic mass is 10.0. The number of nitriles is 1. The van der Waals surface area contributed by atoms with E-state index in [0.717, 1.165) is 22.4 Å². The van der Waals surface area contributed by atoms with E-state index < -0.39 is 5.56 Å². The van der Waals surface area contributed by atoms with Crippen LogP contribution in [0.1, 0.15) is 11.1 Å². The van der Waals surface area contributed by atoms with Crippen LogP contribution in [0.5, 0.6) is 5.75 Å². The average Bonchev–Trinajstić information content (AvgIpc) is 2.84. The first kappa shape index (κ1) is 20.6. The molecule has 1 heterocycles. The van der Waals surface area contributed by atoms with Gasteiger partial charge < -0.3 is 4.74 Å². The molecule has 0 saturated carbocycles. The SMILES string of the molecule is COc1ccccc1-c1cccc(C=NNc2nc(-c3ccccc3)c(C#N)c(=O)[nH]2)c1. The van der Waals surface area contributed by atoms with Crippen LogP contribution in [0, 0.1) is 11.3 Å². The Kier molecular flexibility index (Phi) is 6.05. The lowest BCUT2D eigenvalue weighted by Crippen LogP contribution is -2.16. The van der Waals surface area contributed by atoms with Gasteiger partial charge in [0.2, 0.25) is 5.95 Å². The molecule has 0 radical (unpaired) electrons. The Morgan fingerprint density at radius 2 is 1.78 bits per heavy atom. The van der Waals surface area contributed by atoms with E-state index in [4.69, 9.17) is 4.74 Å². The highest BCUT2D eigenvalue weighted by Crippen LogP contribution is 2.29. The number of anilines is 1. The van der Waals surface area contributed by atoms with E-state index in [0.29, 0.717) is 11.3 Å². The van der Waals surface area contributed by atoms with Gasteiger partial charge in [0.1, 0.15) is 17.4 Å². The minimum atomic E-state index is -0.530. The molecule has 32 heavy (non-hydrogen) atoms. The van der Waals surface area contributed by atoms with Gasteiger partial charge in [-0.1, -0.05) is 66.7 Å². The summed E-state index contributed by atoms with van der Waals surface area (Å²) >= 11 is 0. The molecule has 0 aliphatic carbocycles. The fourth-order valence-corrected chi connectivity index (χ4v) is 3.27. The highest BCUT2D eigenvalue weighted by Gasteiger charge is 2.12. The molecule has 1 aromatic heterocycles. The summed E-state index contributed by atoms with van der Waals surface area (Å²) in [6, 6.07) is 26.6. The third kappa shape index (κ3) is 4.40. The molecular weight excluding hydrogens is 402 g/mol. The molecule has 0 aliphatic heterocycles. The van der Waals surface area contributed by atoms with Gasteiger partial charge in [-0.05, 0) is 23.3 Å². The summed E-state index contributed by atoms with van der Waals surface area (Å²) < 4.78 is 5.45. The molecule has 0 fully saturated rings. The predicted molar refractivity (Wildman–Crippen MR) is 125 cm³/mol. The molecule has 0 spiro atoms. The summed E-state index contributed by atoms with van der Waals surface area (Å²) in [5.41, 5.74) is 5.95. The van der Waals surface area contributed by atoms with Crippen LogP contribution in [-0.4, -0.2) is 23.3 Å². The molecule has 0 amide bonds. The molecule has 7 heteroatoms. The summed E-state index contributed by atoms with van der Waals surface area (Å²) in [5, 5.41) is 13.6. The van der Waals surface area contributed by atoms with Gasteiger partial charge >= 0.3 is 0 Å². The minimum absolute atomic E-state index is 0.0461. The topological polar surface area (TPSA) is 103 Å². The van der Waals surface area contributed by atoms with Gasteiger partial charge in [0.25, 0.3) is 5.56 Å². The number of aromatic amines is 1. The number of rotatable bonds is 6.